The summed E-state index contributed by atoms with van der Waals surface area (Å²) in [7, 11) is 2.13. The van der Waals surface area contributed by atoms with Crippen LogP contribution >= 0.6 is 0 Å². The number of hydrogen-bond donors (Lipinski definition) is 0. The van der Waals surface area contributed by atoms with Gasteiger partial charge in [0.2, 0.25) is 0 Å². The number of rotatable bonds is 6. The SMILES string of the molecule is CN(c1ccc(-c2ccc(Cc3ccccc3)cc2)cc1)c1ccc(-c2ccc3c(c2)-c2ccccc2C3)cc1. The van der Waals surface area contributed by atoms with Gasteiger partial charge in [-0.1, -0.05) is 115 Å². The van der Waals surface area contributed by atoms with Crippen LogP contribution in [0.2, 0.25) is 0 Å². The number of hydrogen-bond acceptors (Lipinski definition) is 1. The van der Waals surface area contributed by atoms with E-state index in [1.807, 2.05) is 0 Å². The number of anilines is 2. The minimum absolute atomic E-state index is 0.962. The summed E-state index contributed by atoms with van der Waals surface area (Å²) in [6.45, 7) is 0. The largest absolute Gasteiger partial charge is 0.345 e. The predicted octanol–water partition coefficient (Wildman–Crippen LogP) is 9.95. The molecule has 0 N–H and O–H groups in total. The zero-order chi connectivity index (χ0) is 26.9. The van der Waals surface area contributed by atoms with E-state index >= 15 is 0 Å². The Bertz CT molecular complexity index is 1760. The summed E-state index contributed by atoms with van der Waals surface area (Å²) in [6.07, 6.45) is 2.00. The van der Waals surface area contributed by atoms with E-state index in [4.69, 9.17) is 0 Å². The van der Waals surface area contributed by atoms with E-state index in [0.29, 0.717) is 0 Å². The molecule has 0 fully saturated rings. The van der Waals surface area contributed by atoms with Crippen LogP contribution in [-0.2, 0) is 12.8 Å². The molecule has 0 spiro atoms. The van der Waals surface area contributed by atoms with Gasteiger partial charge in [0.15, 0.2) is 0 Å². The van der Waals surface area contributed by atoms with E-state index in [1.54, 1.807) is 0 Å². The standard InChI is InChI=1S/C39H31N/c1-40(36-21-17-31(18-22-36)30-13-11-29(12-14-30)25-28-7-3-2-4-8-28)37-23-19-32(20-24-37)33-15-16-35-26-34-9-5-6-10-38(34)39(35)27-33/h2-24,27H,25-26H2,1H3. The van der Waals surface area contributed by atoms with Gasteiger partial charge in [-0.05, 0) is 98.8 Å². The molecule has 0 amide bonds. The topological polar surface area (TPSA) is 3.24 Å². The van der Waals surface area contributed by atoms with Gasteiger partial charge >= 0.3 is 0 Å². The van der Waals surface area contributed by atoms with Crippen LogP contribution in [0.3, 0.4) is 0 Å². The van der Waals surface area contributed by atoms with Crippen LogP contribution in [0.25, 0.3) is 33.4 Å². The van der Waals surface area contributed by atoms with Crippen molar-refractivity contribution in [3.63, 3.8) is 0 Å². The van der Waals surface area contributed by atoms with Crippen molar-refractivity contribution in [2.45, 2.75) is 12.8 Å². The van der Waals surface area contributed by atoms with E-state index in [9.17, 15) is 0 Å². The van der Waals surface area contributed by atoms with Crippen LogP contribution in [0, 0.1) is 0 Å². The summed E-state index contributed by atoms with van der Waals surface area (Å²) in [6, 6.07) is 53.0. The molecular weight excluding hydrogens is 482 g/mol. The van der Waals surface area contributed by atoms with E-state index in [1.165, 1.54) is 67.0 Å². The fourth-order valence-corrected chi connectivity index (χ4v) is 5.85. The minimum atomic E-state index is 0.962. The molecule has 1 heteroatoms. The average Bonchev–Trinajstić information content (AvgIpc) is 3.40. The monoisotopic (exact) mass is 513 g/mol. The Hall–Kier alpha value is -4.88. The quantitative estimate of drug-likeness (QED) is 0.214. The first kappa shape index (κ1) is 24.2. The molecule has 0 aliphatic heterocycles. The highest BCUT2D eigenvalue weighted by Crippen LogP contribution is 2.39. The fourth-order valence-electron chi connectivity index (χ4n) is 5.85. The molecule has 0 bridgehead atoms. The summed E-state index contributed by atoms with van der Waals surface area (Å²) in [4.78, 5) is 2.25. The molecule has 0 atom stereocenters. The number of nitrogens with zero attached hydrogens (tertiary/aromatic N) is 1. The smallest absolute Gasteiger partial charge is 0.0408 e. The van der Waals surface area contributed by atoms with Crippen LogP contribution in [0.1, 0.15) is 22.3 Å². The molecule has 192 valence electrons. The molecule has 1 aliphatic carbocycles. The molecule has 0 saturated carbocycles. The van der Waals surface area contributed by atoms with Crippen molar-refractivity contribution in [1.29, 1.82) is 0 Å². The first-order valence-electron chi connectivity index (χ1n) is 14.0. The maximum Gasteiger partial charge on any atom is 0.0408 e. The third-order valence-electron chi connectivity index (χ3n) is 8.18. The van der Waals surface area contributed by atoms with Crippen LogP contribution in [-0.4, -0.2) is 7.05 Å². The first-order chi connectivity index (χ1) is 19.7. The van der Waals surface area contributed by atoms with Crippen molar-refractivity contribution in [3.8, 4) is 33.4 Å². The molecule has 1 nitrogen and oxygen atoms in total. The molecule has 0 heterocycles. The fraction of sp³-hybridized carbons (Fsp3) is 0.0769. The van der Waals surface area contributed by atoms with Gasteiger partial charge in [-0.2, -0.15) is 0 Å². The maximum atomic E-state index is 2.35. The van der Waals surface area contributed by atoms with Gasteiger partial charge < -0.3 is 4.90 Å². The summed E-state index contributed by atoms with van der Waals surface area (Å²) in [5.41, 5.74) is 15.6. The van der Waals surface area contributed by atoms with Crippen molar-refractivity contribution in [1.82, 2.24) is 0 Å². The average molecular weight is 514 g/mol. The molecule has 0 radical (unpaired) electrons. The van der Waals surface area contributed by atoms with E-state index < -0.39 is 0 Å². The molecule has 1 aliphatic rings. The normalized spacial score (nSPS) is 11.6. The molecular formula is C39H31N. The Kier molecular flexibility index (Phi) is 6.26. The van der Waals surface area contributed by atoms with Crippen LogP contribution in [0.5, 0.6) is 0 Å². The number of fused-ring (bicyclic) bond motifs is 3. The predicted molar refractivity (Wildman–Crippen MR) is 169 cm³/mol. The lowest BCUT2D eigenvalue weighted by Gasteiger charge is -2.20. The van der Waals surface area contributed by atoms with Gasteiger partial charge in [-0.15, -0.1) is 0 Å². The zero-order valence-corrected chi connectivity index (χ0v) is 22.7. The van der Waals surface area contributed by atoms with Crippen molar-refractivity contribution in [2.75, 3.05) is 11.9 Å². The lowest BCUT2D eigenvalue weighted by molar-refractivity contribution is 1.19. The Morgan fingerprint density at radius 3 is 1.62 bits per heavy atom. The summed E-state index contributed by atoms with van der Waals surface area (Å²) >= 11 is 0. The summed E-state index contributed by atoms with van der Waals surface area (Å²) < 4.78 is 0. The second-order valence-electron chi connectivity index (χ2n) is 10.7. The highest BCUT2D eigenvalue weighted by atomic mass is 15.1. The summed E-state index contributed by atoms with van der Waals surface area (Å²) in [5, 5.41) is 0. The summed E-state index contributed by atoms with van der Waals surface area (Å²) in [5.74, 6) is 0. The second kappa shape index (κ2) is 10.4. The maximum absolute atomic E-state index is 2.35. The Morgan fingerprint density at radius 2 is 0.950 bits per heavy atom. The van der Waals surface area contributed by atoms with Crippen LogP contribution < -0.4 is 4.90 Å². The van der Waals surface area contributed by atoms with Gasteiger partial charge in [0.25, 0.3) is 0 Å². The van der Waals surface area contributed by atoms with Crippen LogP contribution in [0.15, 0.2) is 146 Å². The van der Waals surface area contributed by atoms with E-state index in [2.05, 4.69) is 158 Å². The highest BCUT2D eigenvalue weighted by Gasteiger charge is 2.18. The van der Waals surface area contributed by atoms with Crippen molar-refractivity contribution in [2.24, 2.45) is 0 Å². The van der Waals surface area contributed by atoms with Gasteiger partial charge in [0, 0.05) is 18.4 Å². The molecule has 7 rings (SSSR count). The molecule has 0 saturated heterocycles. The molecule has 0 unspecified atom stereocenters. The Balaban J connectivity index is 1.05. The lowest BCUT2D eigenvalue weighted by atomic mass is 9.98. The van der Waals surface area contributed by atoms with E-state index in [0.717, 1.165) is 12.8 Å². The third kappa shape index (κ3) is 4.72. The van der Waals surface area contributed by atoms with Crippen molar-refractivity contribution >= 4 is 11.4 Å². The number of benzene rings is 6. The van der Waals surface area contributed by atoms with Gasteiger partial charge in [0.1, 0.15) is 0 Å². The minimum Gasteiger partial charge on any atom is -0.345 e. The molecule has 40 heavy (non-hydrogen) atoms. The lowest BCUT2D eigenvalue weighted by Crippen LogP contribution is -2.08. The van der Waals surface area contributed by atoms with Gasteiger partial charge in [-0.25, -0.2) is 0 Å². The second-order valence-corrected chi connectivity index (χ2v) is 10.7. The van der Waals surface area contributed by atoms with Gasteiger partial charge in [-0.3, -0.25) is 0 Å². The van der Waals surface area contributed by atoms with Gasteiger partial charge in [0.05, 0.1) is 0 Å². The van der Waals surface area contributed by atoms with E-state index in [-0.39, 0.29) is 0 Å². The molecule has 0 aromatic heterocycles. The van der Waals surface area contributed by atoms with Crippen molar-refractivity contribution in [3.05, 3.63) is 168 Å². The Labute approximate surface area is 237 Å². The highest BCUT2D eigenvalue weighted by molar-refractivity contribution is 5.82. The Morgan fingerprint density at radius 1 is 0.450 bits per heavy atom. The van der Waals surface area contributed by atoms with Crippen LogP contribution in [0.4, 0.5) is 11.4 Å². The van der Waals surface area contributed by atoms with Crippen molar-refractivity contribution < 1.29 is 0 Å². The first-order valence-corrected chi connectivity index (χ1v) is 14.0. The zero-order valence-electron chi connectivity index (χ0n) is 22.7. The molecule has 6 aromatic rings. The third-order valence-corrected chi connectivity index (χ3v) is 8.18. The molecule has 6 aromatic carbocycles.